The number of hydrogen-bond acceptors (Lipinski definition) is 5. The summed E-state index contributed by atoms with van der Waals surface area (Å²) in [4.78, 5) is 0. The third kappa shape index (κ3) is 9.17. The Bertz CT molecular complexity index is 752. The van der Waals surface area contributed by atoms with Gasteiger partial charge >= 0.3 is 0 Å². The number of methoxy groups -OCH3 is 2. The van der Waals surface area contributed by atoms with Crippen LogP contribution in [0, 0.1) is 0 Å². The SMILES string of the molecule is CCCCCC(Cc1ccc(O)c(OC)c1)OC(CCCCC)Cc1ccc(O)c(OC)c1. The average Bonchev–Trinajstić information content (AvgIpc) is 2.81. The monoisotopic (exact) mass is 458 g/mol. The topological polar surface area (TPSA) is 68.2 Å². The Morgan fingerprint density at radius 2 is 1.09 bits per heavy atom. The molecule has 5 nitrogen and oxygen atoms in total. The number of aromatic hydroxyl groups is 2. The van der Waals surface area contributed by atoms with Gasteiger partial charge in [-0.1, -0.05) is 64.5 Å². The summed E-state index contributed by atoms with van der Waals surface area (Å²) in [5, 5.41) is 19.9. The summed E-state index contributed by atoms with van der Waals surface area (Å²) in [6.45, 7) is 4.43. The van der Waals surface area contributed by atoms with Gasteiger partial charge in [-0.15, -0.1) is 0 Å². The van der Waals surface area contributed by atoms with Gasteiger partial charge in [0, 0.05) is 0 Å². The Labute approximate surface area is 199 Å². The van der Waals surface area contributed by atoms with Gasteiger partial charge < -0.3 is 24.4 Å². The van der Waals surface area contributed by atoms with E-state index in [0.717, 1.165) is 49.7 Å². The Morgan fingerprint density at radius 3 is 1.45 bits per heavy atom. The lowest BCUT2D eigenvalue weighted by Crippen LogP contribution is -2.26. The van der Waals surface area contributed by atoms with Crippen LogP contribution in [0.15, 0.2) is 36.4 Å². The highest BCUT2D eigenvalue weighted by Crippen LogP contribution is 2.30. The first-order valence-corrected chi connectivity index (χ1v) is 12.4. The normalized spacial score (nSPS) is 13.0. The lowest BCUT2D eigenvalue weighted by molar-refractivity contribution is -0.0216. The number of hydrogen-bond donors (Lipinski definition) is 2. The summed E-state index contributed by atoms with van der Waals surface area (Å²) >= 11 is 0. The molecule has 2 aromatic rings. The van der Waals surface area contributed by atoms with Crippen LogP contribution in [-0.4, -0.2) is 36.6 Å². The second-order valence-electron chi connectivity index (χ2n) is 8.79. The number of unbranched alkanes of at least 4 members (excludes halogenated alkanes) is 4. The van der Waals surface area contributed by atoms with Crippen LogP contribution in [0.2, 0.25) is 0 Å². The molecule has 2 N–H and O–H groups in total. The van der Waals surface area contributed by atoms with Gasteiger partial charge in [0.15, 0.2) is 23.0 Å². The molecule has 184 valence electrons. The smallest absolute Gasteiger partial charge is 0.160 e. The molecule has 0 bridgehead atoms. The van der Waals surface area contributed by atoms with Crippen molar-refractivity contribution in [3.05, 3.63) is 47.5 Å². The van der Waals surface area contributed by atoms with Gasteiger partial charge in [0.25, 0.3) is 0 Å². The van der Waals surface area contributed by atoms with Crippen molar-refractivity contribution in [1.82, 2.24) is 0 Å². The van der Waals surface area contributed by atoms with Crippen molar-refractivity contribution in [2.45, 2.75) is 90.3 Å². The molecule has 0 aliphatic heterocycles. The predicted molar refractivity (Wildman–Crippen MR) is 134 cm³/mol. The first-order valence-electron chi connectivity index (χ1n) is 12.4. The van der Waals surface area contributed by atoms with Crippen LogP contribution in [0.4, 0.5) is 0 Å². The average molecular weight is 459 g/mol. The van der Waals surface area contributed by atoms with Gasteiger partial charge in [0.2, 0.25) is 0 Å². The zero-order valence-electron chi connectivity index (χ0n) is 20.8. The van der Waals surface area contributed by atoms with Crippen molar-refractivity contribution in [1.29, 1.82) is 0 Å². The van der Waals surface area contributed by atoms with Crippen LogP contribution in [-0.2, 0) is 17.6 Å². The maximum absolute atomic E-state index is 9.95. The van der Waals surface area contributed by atoms with Gasteiger partial charge in [-0.05, 0) is 61.1 Å². The standard InChI is InChI=1S/C28H42O5/c1-5-7-9-11-23(17-21-13-15-25(29)27(19-21)31-3)33-24(12-10-8-6-2)18-22-14-16-26(30)28(20-22)32-4/h13-16,19-20,23-24,29-30H,5-12,17-18H2,1-4H3. The molecule has 0 spiro atoms. The van der Waals surface area contributed by atoms with Gasteiger partial charge in [0.1, 0.15) is 0 Å². The fourth-order valence-electron chi connectivity index (χ4n) is 4.18. The zero-order valence-corrected chi connectivity index (χ0v) is 20.8. The number of benzene rings is 2. The Balaban J connectivity index is 2.17. The highest BCUT2D eigenvalue weighted by molar-refractivity contribution is 5.42. The Kier molecular flexibility index (Phi) is 12.0. The fourth-order valence-corrected chi connectivity index (χ4v) is 4.18. The van der Waals surface area contributed by atoms with Gasteiger partial charge in [-0.25, -0.2) is 0 Å². The number of rotatable bonds is 16. The van der Waals surface area contributed by atoms with Crippen molar-refractivity contribution in [2.75, 3.05) is 14.2 Å². The Hall–Kier alpha value is -2.40. The molecule has 0 amide bonds. The van der Waals surface area contributed by atoms with E-state index in [-0.39, 0.29) is 23.7 Å². The van der Waals surface area contributed by atoms with Crippen molar-refractivity contribution >= 4 is 0 Å². The molecule has 5 heteroatoms. The van der Waals surface area contributed by atoms with E-state index in [0.29, 0.717) is 11.5 Å². The predicted octanol–water partition coefficient (Wildman–Crippen LogP) is 6.81. The third-order valence-corrected chi connectivity index (χ3v) is 6.06. The minimum atomic E-state index is 0.0939. The molecule has 0 heterocycles. The van der Waals surface area contributed by atoms with Gasteiger partial charge in [-0.2, -0.15) is 0 Å². The molecule has 0 aromatic heterocycles. The van der Waals surface area contributed by atoms with E-state index in [4.69, 9.17) is 14.2 Å². The van der Waals surface area contributed by atoms with Gasteiger partial charge in [-0.3, -0.25) is 0 Å². The molecule has 2 aromatic carbocycles. The second kappa shape index (κ2) is 14.7. The summed E-state index contributed by atoms with van der Waals surface area (Å²) in [5.74, 6) is 1.30. The highest BCUT2D eigenvalue weighted by atomic mass is 16.5. The van der Waals surface area contributed by atoms with Crippen molar-refractivity contribution in [2.24, 2.45) is 0 Å². The maximum atomic E-state index is 9.95. The van der Waals surface area contributed by atoms with Crippen molar-refractivity contribution < 1.29 is 24.4 Å². The van der Waals surface area contributed by atoms with Crippen LogP contribution < -0.4 is 9.47 Å². The van der Waals surface area contributed by atoms with E-state index in [9.17, 15) is 10.2 Å². The highest BCUT2D eigenvalue weighted by Gasteiger charge is 2.19. The molecule has 0 aliphatic carbocycles. The van der Waals surface area contributed by atoms with Crippen LogP contribution in [0.3, 0.4) is 0 Å². The second-order valence-corrected chi connectivity index (χ2v) is 8.79. The summed E-state index contributed by atoms with van der Waals surface area (Å²) in [6.07, 6.45) is 10.7. The molecule has 2 atom stereocenters. The molecule has 0 aliphatic rings. The van der Waals surface area contributed by atoms with Gasteiger partial charge in [0.05, 0.1) is 26.4 Å². The summed E-state index contributed by atoms with van der Waals surface area (Å²) in [6, 6.07) is 11.1. The molecule has 0 saturated heterocycles. The quantitative estimate of drug-likeness (QED) is 0.270. The van der Waals surface area contributed by atoms with Crippen molar-refractivity contribution in [3.63, 3.8) is 0 Å². The molecular formula is C28H42O5. The largest absolute Gasteiger partial charge is 0.504 e. The van der Waals surface area contributed by atoms with Crippen molar-refractivity contribution in [3.8, 4) is 23.0 Å². The number of phenolic OH excluding ortho intramolecular Hbond substituents is 2. The lowest BCUT2D eigenvalue weighted by Gasteiger charge is -2.26. The van der Waals surface area contributed by atoms with Crippen LogP contribution in [0.5, 0.6) is 23.0 Å². The van der Waals surface area contributed by atoms with Crippen LogP contribution >= 0.6 is 0 Å². The van der Waals surface area contributed by atoms with Crippen LogP contribution in [0.25, 0.3) is 0 Å². The number of ether oxygens (including phenoxy) is 3. The number of phenols is 2. The summed E-state index contributed by atoms with van der Waals surface area (Å²) in [7, 11) is 3.15. The zero-order chi connectivity index (χ0) is 24.1. The molecule has 2 rings (SSSR count). The Morgan fingerprint density at radius 1 is 0.667 bits per heavy atom. The molecule has 33 heavy (non-hydrogen) atoms. The minimum absolute atomic E-state index is 0.0939. The molecule has 0 fully saturated rings. The van der Waals surface area contributed by atoms with E-state index < -0.39 is 0 Å². The molecular weight excluding hydrogens is 416 g/mol. The van der Waals surface area contributed by atoms with Crippen LogP contribution in [0.1, 0.15) is 76.3 Å². The minimum Gasteiger partial charge on any atom is -0.504 e. The molecule has 0 radical (unpaired) electrons. The molecule has 0 saturated carbocycles. The van der Waals surface area contributed by atoms with E-state index in [1.165, 1.54) is 25.7 Å². The van der Waals surface area contributed by atoms with E-state index >= 15 is 0 Å². The first-order chi connectivity index (χ1) is 16.0. The van der Waals surface area contributed by atoms with E-state index in [1.54, 1.807) is 26.4 Å². The fraction of sp³-hybridized carbons (Fsp3) is 0.571. The third-order valence-electron chi connectivity index (χ3n) is 6.06. The maximum Gasteiger partial charge on any atom is 0.160 e. The summed E-state index contributed by atoms with van der Waals surface area (Å²) < 4.78 is 17.4. The lowest BCUT2D eigenvalue weighted by atomic mass is 9.99. The first kappa shape index (κ1) is 26.8. The van der Waals surface area contributed by atoms with E-state index in [1.807, 2.05) is 24.3 Å². The molecule has 2 unspecified atom stereocenters. The van der Waals surface area contributed by atoms with E-state index in [2.05, 4.69) is 13.8 Å². The summed E-state index contributed by atoms with van der Waals surface area (Å²) in [5.41, 5.74) is 2.20.